The second-order valence-electron chi connectivity index (χ2n) is 6.09. The molecule has 1 aromatic rings. The zero-order valence-electron chi connectivity index (χ0n) is 12.3. The van der Waals surface area contributed by atoms with Crippen LogP contribution in [-0.4, -0.2) is 37.4 Å². The van der Waals surface area contributed by atoms with Gasteiger partial charge in [-0.25, -0.2) is 4.79 Å². The van der Waals surface area contributed by atoms with Crippen LogP contribution < -0.4 is 14.2 Å². The van der Waals surface area contributed by atoms with Gasteiger partial charge in [0.2, 0.25) is 12.5 Å². The first-order valence-electron chi connectivity index (χ1n) is 7.40. The number of rotatable bonds is 0. The van der Waals surface area contributed by atoms with Gasteiger partial charge in [0.25, 0.3) is 0 Å². The number of carbonyl (C=O) groups excluding carboxylic acids is 1. The van der Waals surface area contributed by atoms with Crippen LogP contribution in [0.5, 0.6) is 17.2 Å². The van der Waals surface area contributed by atoms with E-state index in [0.717, 1.165) is 29.8 Å². The SMILES string of the molecule is Cc1c2c3c(c4c1OCO4)OC1=CC(=O)OC1C3N(C)CC2. The highest BCUT2D eigenvalue weighted by Gasteiger charge is 2.49. The number of likely N-dealkylation sites (N-methyl/N-ethyl adjacent to an activating group) is 1. The zero-order chi connectivity index (χ0) is 15.0. The van der Waals surface area contributed by atoms with Gasteiger partial charge in [0.1, 0.15) is 0 Å². The Balaban J connectivity index is 1.81. The molecule has 6 heteroatoms. The summed E-state index contributed by atoms with van der Waals surface area (Å²) in [4.78, 5) is 13.9. The van der Waals surface area contributed by atoms with Crippen molar-refractivity contribution in [1.82, 2.24) is 4.90 Å². The second-order valence-corrected chi connectivity index (χ2v) is 6.09. The summed E-state index contributed by atoms with van der Waals surface area (Å²) in [5, 5.41) is 0. The van der Waals surface area contributed by atoms with Gasteiger partial charge in [0.15, 0.2) is 23.4 Å². The third-order valence-electron chi connectivity index (χ3n) is 4.96. The molecular formula is C16H15NO5. The van der Waals surface area contributed by atoms with Crippen LogP contribution in [0.25, 0.3) is 0 Å². The van der Waals surface area contributed by atoms with Crippen LogP contribution in [0.4, 0.5) is 0 Å². The van der Waals surface area contributed by atoms with E-state index in [2.05, 4.69) is 11.8 Å². The van der Waals surface area contributed by atoms with E-state index in [1.54, 1.807) is 0 Å². The maximum Gasteiger partial charge on any atom is 0.335 e. The molecule has 0 aliphatic carbocycles. The van der Waals surface area contributed by atoms with E-state index in [-0.39, 0.29) is 24.9 Å². The molecule has 4 aliphatic rings. The van der Waals surface area contributed by atoms with Crippen molar-refractivity contribution < 1.29 is 23.7 Å². The fraction of sp³-hybridized carbons (Fsp3) is 0.438. The molecule has 0 fully saturated rings. The van der Waals surface area contributed by atoms with Crippen molar-refractivity contribution >= 4 is 5.97 Å². The van der Waals surface area contributed by atoms with Crippen molar-refractivity contribution in [3.8, 4) is 17.2 Å². The first-order chi connectivity index (χ1) is 10.6. The second kappa shape index (κ2) is 3.95. The molecule has 0 saturated heterocycles. The van der Waals surface area contributed by atoms with E-state index in [4.69, 9.17) is 18.9 Å². The first kappa shape index (κ1) is 12.3. The lowest BCUT2D eigenvalue weighted by atomic mass is 9.83. The summed E-state index contributed by atoms with van der Waals surface area (Å²) in [6.07, 6.45) is 1.97. The van der Waals surface area contributed by atoms with E-state index in [1.807, 2.05) is 7.05 Å². The summed E-state index contributed by atoms with van der Waals surface area (Å²) in [5.74, 6) is 2.31. The molecule has 0 N–H and O–H groups in total. The number of nitrogens with zero attached hydrogens (tertiary/aromatic N) is 1. The smallest absolute Gasteiger partial charge is 0.335 e. The van der Waals surface area contributed by atoms with Crippen molar-refractivity contribution in [2.75, 3.05) is 20.4 Å². The van der Waals surface area contributed by atoms with Gasteiger partial charge >= 0.3 is 5.97 Å². The van der Waals surface area contributed by atoms with E-state index in [9.17, 15) is 4.79 Å². The summed E-state index contributed by atoms with van der Waals surface area (Å²) in [7, 11) is 2.05. The number of esters is 1. The van der Waals surface area contributed by atoms with Crippen LogP contribution in [-0.2, 0) is 16.0 Å². The van der Waals surface area contributed by atoms with Gasteiger partial charge in [-0.1, -0.05) is 0 Å². The van der Waals surface area contributed by atoms with E-state index >= 15 is 0 Å². The standard InChI is InChI=1S/C16H15NO5/c1-7-8-3-4-17(2)12-11(8)15(16-13(7)19-6-20-16)21-9-5-10(18)22-14(9)12/h5,12,14H,3-4,6H2,1-2H3. The molecule has 114 valence electrons. The maximum atomic E-state index is 11.7. The van der Waals surface area contributed by atoms with Crippen molar-refractivity contribution in [3.05, 3.63) is 28.5 Å². The Bertz CT molecular complexity index is 754. The predicted octanol–water partition coefficient (Wildman–Crippen LogP) is 1.45. The Kier molecular flexibility index (Phi) is 2.22. The zero-order valence-corrected chi connectivity index (χ0v) is 12.3. The largest absolute Gasteiger partial charge is 0.453 e. The Labute approximate surface area is 127 Å². The molecular weight excluding hydrogens is 286 g/mol. The van der Waals surface area contributed by atoms with Crippen LogP contribution >= 0.6 is 0 Å². The molecule has 5 rings (SSSR count). The lowest BCUT2D eigenvalue weighted by molar-refractivity contribution is -0.142. The average Bonchev–Trinajstić information content (AvgIpc) is 3.10. The lowest BCUT2D eigenvalue weighted by Gasteiger charge is -2.42. The number of fused-ring (bicyclic) bond motifs is 4. The van der Waals surface area contributed by atoms with E-state index in [1.165, 1.54) is 11.6 Å². The molecule has 0 radical (unpaired) electrons. The summed E-state index contributed by atoms with van der Waals surface area (Å²) in [5.41, 5.74) is 3.40. The normalized spacial score (nSPS) is 27.7. The molecule has 2 atom stereocenters. The highest BCUT2D eigenvalue weighted by molar-refractivity contribution is 5.86. The van der Waals surface area contributed by atoms with Crippen molar-refractivity contribution in [3.63, 3.8) is 0 Å². The Morgan fingerprint density at radius 3 is 2.91 bits per heavy atom. The summed E-state index contributed by atoms with van der Waals surface area (Å²) >= 11 is 0. The lowest BCUT2D eigenvalue weighted by Crippen LogP contribution is -2.43. The minimum Gasteiger partial charge on any atom is -0.453 e. The van der Waals surface area contributed by atoms with Gasteiger partial charge in [-0.3, -0.25) is 4.90 Å². The van der Waals surface area contributed by atoms with E-state index < -0.39 is 0 Å². The minimum absolute atomic E-state index is 0.0293. The number of benzene rings is 1. The Hall–Kier alpha value is -2.21. The highest BCUT2D eigenvalue weighted by atomic mass is 16.7. The van der Waals surface area contributed by atoms with Crippen LogP contribution in [0.3, 0.4) is 0 Å². The van der Waals surface area contributed by atoms with Gasteiger partial charge in [-0.15, -0.1) is 0 Å². The highest BCUT2D eigenvalue weighted by Crippen LogP contribution is 2.56. The first-order valence-corrected chi connectivity index (χ1v) is 7.40. The van der Waals surface area contributed by atoms with Crippen LogP contribution in [0.15, 0.2) is 11.8 Å². The fourth-order valence-corrected chi connectivity index (χ4v) is 3.93. The van der Waals surface area contributed by atoms with Crippen LogP contribution in [0.1, 0.15) is 22.7 Å². The molecule has 0 bridgehead atoms. The third-order valence-corrected chi connectivity index (χ3v) is 4.96. The molecule has 6 nitrogen and oxygen atoms in total. The van der Waals surface area contributed by atoms with Crippen LogP contribution in [0.2, 0.25) is 0 Å². The summed E-state index contributed by atoms with van der Waals surface area (Å²) in [6, 6.07) is -0.0293. The molecule has 0 saturated carbocycles. The van der Waals surface area contributed by atoms with E-state index in [0.29, 0.717) is 17.3 Å². The Morgan fingerprint density at radius 1 is 1.23 bits per heavy atom. The molecule has 22 heavy (non-hydrogen) atoms. The van der Waals surface area contributed by atoms with Crippen molar-refractivity contribution in [2.24, 2.45) is 0 Å². The molecule has 2 unspecified atom stereocenters. The van der Waals surface area contributed by atoms with Crippen molar-refractivity contribution in [2.45, 2.75) is 25.5 Å². The maximum absolute atomic E-state index is 11.7. The fourth-order valence-electron chi connectivity index (χ4n) is 3.93. The molecule has 1 aromatic carbocycles. The monoisotopic (exact) mass is 301 g/mol. The summed E-state index contributed by atoms with van der Waals surface area (Å²) in [6.45, 7) is 3.16. The van der Waals surface area contributed by atoms with Gasteiger partial charge in [0.05, 0.1) is 12.1 Å². The number of hydrogen-bond acceptors (Lipinski definition) is 6. The number of ether oxygens (including phenoxy) is 4. The molecule has 0 aromatic heterocycles. The topological polar surface area (TPSA) is 57.2 Å². The van der Waals surface area contributed by atoms with Gasteiger partial charge in [0, 0.05) is 12.1 Å². The van der Waals surface area contributed by atoms with Crippen LogP contribution in [0, 0.1) is 6.92 Å². The quantitative estimate of drug-likeness (QED) is 0.676. The molecule has 4 aliphatic heterocycles. The molecule has 0 amide bonds. The van der Waals surface area contributed by atoms with Crippen molar-refractivity contribution in [1.29, 1.82) is 0 Å². The number of hydrogen-bond donors (Lipinski definition) is 0. The predicted molar refractivity (Wildman–Crippen MR) is 75.0 cm³/mol. The third kappa shape index (κ3) is 1.36. The van der Waals surface area contributed by atoms with Gasteiger partial charge in [-0.2, -0.15) is 0 Å². The van der Waals surface area contributed by atoms with Gasteiger partial charge < -0.3 is 18.9 Å². The average molecular weight is 301 g/mol. The minimum atomic E-state index is -0.371. The summed E-state index contributed by atoms with van der Waals surface area (Å²) < 4.78 is 22.7. The van der Waals surface area contributed by atoms with Gasteiger partial charge in [-0.05, 0) is 31.5 Å². The Morgan fingerprint density at radius 2 is 2.05 bits per heavy atom. The molecule has 4 heterocycles. The number of carbonyl (C=O) groups is 1. The molecule has 0 spiro atoms.